The lowest BCUT2D eigenvalue weighted by atomic mass is 10.2. The van der Waals surface area contributed by atoms with E-state index in [-0.39, 0.29) is 0 Å². The van der Waals surface area contributed by atoms with Crippen molar-refractivity contribution in [3.05, 3.63) is 21.4 Å². The molecule has 0 fully saturated rings. The third-order valence-corrected chi connectivity index (χ3v) is 3.56. The molecule has 0 atom stereocenters. The van der Waals surface area contributed by atoms with Gasteiger partial charge in [0.2, 0.25) is 0 Å². The van der Waals surface area contributed by atoms with Crippen molar-refractivity contribution >= 4 is 23.1 Å². The highest BCUT2D eigenvalue weighted by Gasteiger charge is 2.00. The van der Waals surface area contributed by atoms with Gasteiger partial charge < -0.3 is 5.32 Å². The fourth-order valence-corrected chi connectivity index (χ4v) is 2.55. The van der Waals surface area contributed by atoms with Crippen molar-refractivity contribution < 1.29 is 0 Å². The number of thiophene rings is 1. The summed E-state index contributed by atoms with van der Waals surface area (Å²) in [7, 11) is 0. The normalized spacial score (nSPS) is 10.7. The van der Waals surface area contributed by atoms with E-state index in [0.717, 1.165) is 13.1 Å². The molecule has 1 N–H and O–H groups in total. The minimum absolute atomic E-state index is 1.02. The molecule has 1 aromatic heterocycles. The van der Waals surface area contributed by atoms with Gasteiger partial charge in [0, 0.05) is 28.6 Å². The van der Waals surface area contributed by atoms with E-state index < -0.39 is 0 Å². The minimum Gasteiger partial charge on any atom is -0.312 e. The van der Waals surface area contributed by atoms with Crippen LogP contribution in [0.2, 0.25) is 0 Å². The van der Waals surface area contributed by atoms with Gasteiger partial charge in [-0.15, -0.1) is 11.3 Å². The van der Waals surface area contributed by atoms with Crippen molar-refractivity contribution in [1.29, 1.82) is 0 Å². The zero-order valence-electron chi connectivity index (χ0n) is 8.52. The van der Waals surface area contributed by atoms with E-state index in [9.17, 15) is 0 Å². The Labute approximate surface area is 88.9 Å². The van der Waals surface area contributed by atoms with E-state index in [0.29, 0.717) is 0 Å². The van der Waals surface area contributed by atoms with Crippen LogP contribution in [-0.4, -0.2) is 18.6 Å². The lowest BCUT2D eigenvalue weighted by molar-refractivity contribution is 0.731. The van der Waals surface area contributed by atoms with Crippen LogP contribution in [0.15, 0.2) is 6.07 Å². The highest BCUT2D eigenvalue weighted by molar-refractivity contribution is 7.98. The maximum absolute atomic E-state index is 3.44. The van der Waals surface area contributed by atoms with Crippen molar-refractivity contribution in [1.82, 2.24) is 5.32 Å². The van der Waals surface area contributed by atoms with Gasteiger partial charge in [0.1, 0.15) is 0 Å². The molecule has 1 aromatic rings. The number of aryl methyl sites for hydroxylation is 2. The van der Waals surface area contributed by atoms with Crippen LogP contribution >= 0.6 is 23.1 Å². The van der Waals surface area contributed by atoms with Gasteiger partial charge in [0.25, 0.3) is 0 Å². The molecule has 0 aliphatic heterocycles. The quantitative estimate of drug-likeness (QED) is 0.758. The first-order valence-corrected chi connectivity index (χ1v) is 6.70. The zero-order chi connectivity index (χ0) is 9.68. The SMILES string of the molecule is CSCCNCc1cc(C)sc1C. The van der Waals surface area contributed by atoms with E-state index in [1.807, 2.05) is 23.1 Å². The lowest BCUT2D eigenvalue weighted by Gasteiger charge is -2.02. The number of nitrogens with one attached hydrogen (secondary N) is 1. The molecule has 1 rings (SSSR count). The zero-order valence-corrected chi connectivity index (χ0v) is 10.1. The first-order chi connectivity index (χ1) is 6.24. The van der Waals surface area contributed by atoms with Crippen LogP contribution in [0.25, 0.3) is 0 Å². The van der Waals surface area contributed by atoms with Gasteiger partial charge in [-0.05, 0) is 31.7 Å². The predicted octanol–water partition coefficient (Wildman–Crippen LogP) is 2.82. The van der Waals surface area contributed by atoms with Crippen LogP contribution in [0.1, 0.15) is 15.3 Å². The Morgan fingerprint density at radius 2 is 2.23 bits per heavy atom. The topological polar surface area (TPSA) is 12.0 Å². The number of hydrogen-bond donors (Lipinski definition) is 1. The third kappa shape index (κ3) is 3.71. The highest BCUT2D eigenvalue weighted by atomic mass is 32.2. The molecule has 0 saturated carbocycles. The number of thioether (sulfide) groups is 1. The maximum Gasteiger partial charge on any atom is 0.0216 e. The monoisotopic (exact) mass is 215 g/mol. The summed E-state index contributed by atoms with van der Waals surface area (Å²) in [6, 6.07) is 2.28. The summed E-state index contributed by atoms with van der Waals surface area (Å²) in [6.45, 7) is 6.50. The molecule has 0 bridgehead atoms. The van der Waals surface area contributed by atoms with Crippen LogP contribution in [-0.2, 0) is 6.54 Å². The fraction of sp³-hybridized carbons (Fsp3) is 0.600. The molecular weight excluding hydrogens is 198 g/mol. The second kappa shape index (κ2) is 5.68. The standard InChI is InChI=1S/C10H17NS2/c1-8-6-10(9(2)13-8)7-11-4-5-12-3/h6,11H,4-5,7H2,1-3H3. The Morgan fingerprint density at radius 3 is 2.77 bits per heavy atom. The Morgan fingerprint density at radius 1 is 1.46 bits per heavy atom. The summed E-state index contributed by atoms with van der Waals surface area (Å²) in [6.07, 6.45) is 2.14. The molecule has 0 aliphatic rings. The fourth-order valence-electron chi connectivity index (χ4n) is 1.26. The number of hydrogen-bond acceptors (Lipinski definition) is 3. The van der Waals surface area contributed by atoms with Gasteiger partial charge >= 0.3 is 0 Å². The molecule has 1 nitrogen and oxygen atoms in total. The molecule has 13 heavy (non-hydrogen) atoms. The largest absolute Gasteiger partial charge is 0.312 e. The van der Waals surface area contributed by atoms with Crippen molar-refractivity contribution in [2.45, 2.75) is 20.4 Å². The molecule has 0 radical (unpaired) electrons. The van der Waals surface area contributed by atoms with Gasteiger partial charge in [0.15, 0.2) is 0 Å². The lowest BCUT2D eigenvalue weighted by Crippen LogP contribution is -2.16. The van der Waals surface area contributed by atoms with Crippen LogP contribution < -0.4 is 5.32 Å². The highest BCUT2D eigenvalue weighted by Crippen LogP contribution is 2.19. The van der Waals surface area contributed by atoms with Crippen LogP contribution in [0.4, 0.5) is 0 Å². The molecule has 0 aliphatic carbocycles. The van der Waals surface area contributed by atoms with Crippen LogP contribution in [0.3, 0.4) is 0 Å². The molecular formula is C10H17NS2. The van der Waals surface area contributed by atoms with E-state index >= 15 is 0 Å². The molecule has 0 spiro atoms. The molecule has 0 saturated heterocycles. The Bertz CT molecular complexity index is 255. The average Bonchev–Trinajstić information content (AvgIpc) is 2.39. The van der Waals surface area contributed by atoms with Gasteiger partial charge in [-0.1, -0.05) is 0 Å². The van der Waals surface area contributed by atoms with Gasteiger partial charge in [0.05, 0.1) is 0 Å². The van der Waals surface area contributed by atoms with Crippen molar-refractivity contribution in [3.8, 4) is 0 Å². The summed E-state index contributed by atoms with van der Waals surface area (Å²) < 4.78 is 0. The average molecular weight is 215 g/mol. The molecule has 0 amide bonds. The van der Waals surface area contributed by atoms with E-state index in [4.69, 9.17) is 0 Å². The van der Waals surface area contributed by atoms with E-state index in [2.05, 4.69) is 31.5 Å². The van der Waals surface area contributed by atoms with Gasteiger partial charge in [-0.25, -0.2) is 0 Å². The molecule has 0 aromatic carbocycles. The van der Waals surface area contributed by atoms with Gasteiger partial charge in [-0.2, -0.15) is 11.8 Å². The summed E-state index contributed by atoms with van der Waals surface area (Å²) in [5.74, 6) is 1.20. The first-order valence-electron chi connectivity index (χ1n) is 4.49. The van der Waals surface area contributed by atoms with Crippen molar-refractivity contribution in [3.63, 3.8) is 0 Å². The Hall–Kier alpha value is 0.01000. The number of rotatable bonds is 5. The van der Waals surface area contributed by atoms with E-state index in [1.54, 1.807) is 0 Å². The summed E-state index contributed by atoms with van der Waals surface area (Å²) in [5, 5.41) is 3.44. The summed E-state index contributed by atoms with van der Waals surface area (Å²) in [5.41, 5.74) is 1.46. The second-order valence-corrected chi connectivity index (χ2v) is 5.55. The smallest absolute Gasteiger partial charge is 0.0216 e. The third-order valence-electron chi connectivity index (χ3n) is 1.94. The maximum atomic E-state index is 3.44. The molecule has 1 heterocycles. The molecule has 3 heteroatoms. The van der Waals surface area contributed by atoms with Crippen molar-refractivity contribution in [2.24, 2.45) is 0 Å². The van der Waals surface area contributed by atoms with Crippen molar-refractivity contribution in [2.75, 3.05) is 18.6 Å². The summed E-state index contributed by atoms with van der Waals surface area (Å²) >= 11 is 3.77. The van der Waals surface area contributed by atoms with Crippen LogP contribution in [0.5, 0.6) is 0 Å². The molecule has 74 valence electrons. The van der Waals surface area contributed by atoms with Gasteiger partial charge in [-0.3, -0.25) is 0 Å². The minimum atomic E-state index is 1.02. The Balaban J connectivity index is 2.32. The first kappa shape index (κ1) is 11.1. The Kier molecular flexibility index (Phi) is 4.84. The van der Waals surface area contributed by atoms with Crippen LogP contribution in [0, 0.1) is 13.8 Å². The molecule has 0 unspecified atom stereocenters. The predicted molar refractivity (Wildman–Crippen MR) is 63.9 cm³/mol. The van der Waals surface area contributed by atoms with E-state index in [1.165, 1.54) is 21.1 Å². The second-order valence-electron chi connectivity index (χ2n) is 3.11. The summed E-state index contributed by atoms with van der Waals surface area (Å²) in [4.78, 5) is 2.87.